The molecule has 0 spiro atoms. The van der Waals surface area contributed by atoms with Crippen molar-refractivity contribution < 1.29 is 41.0 Å². The summed E-state index contributed by atoms with van der Waals surface area (Å²) in [6, 6.07) is 8.40. The number of nitrogens with zero attached hydrogens (tertiary/aromatic N) is 5. The summed E-state index contributed by atoms with van der Waals surface area (Å²) in [7, 11) is 0. The number of hydrogen-bond donors (Lipinski definition) is 2. The maximum absolute atomic E-state index is 13.5. The number of alkyl halides is 5. The number of halogens is 5. The topological polar surface area (TPSA) is 124 Å². The van der Waals surface area contributed by atoms with Gasteiger partial charge in [-0.25, -0.2) is 28.5 Å². The molecule has 3 heterocycles. The summed E-state index contributed by atoms with van der Waals surface area (Å²) in [4.78, 5) is 31.0. The van der Waals surface area contributed by atoms with Gasteiger partial charge in [0.25, 0.3) is 6.43 Å². The summed E-state index contributed by atoms with van der Waals surface area (Å²) >= 11 is 0. The highest BCUT2D eigenvalue weighted by atomic mass is 19.4. The Kier molecular flexibility index (Phi) is 9.87. The lowest BCUT2D eigenvalue weighted by molar-refractivity contribution is -0.142. The number of hydrogen-bond acceptors (Lipinski definition) is 9. The van der Waals surface area contributed by atoms with E-state index in [0.717, 1.165) is 5.56 Å². The lowest BCUT2D eigenvalue weighted by Gasteiger charge is -2.36. The van der Waals surface area contributed by atoms with Crippen molar-refractivity contribution in [3.8, 4) is 11.8 Å². The highest BCUT2D eigenvalue weighted by molar-refractivity contribution is 5.91. The summed E-state index contributed by atoms with van der Waals surface area (Å²) in [6.07, 6.45) is -2.63. The van der Waals surface area contributed by atoms with Crippen LogP contribution in [0.2, 0.25) is 0 Å². The van der Waals surface area contributed by atoms with Crippen molar-refractivity contribution in [2.75, 3.05) is 30.0 Å². The van der Waals surface area contributed by atoms with E-state index in [9.17, 15) is 26.7 Å². The Bertz CT molecular complexity index is 1370. The van der Waals surface area contributed by atoms with Gasteiger partial charge < -0.3 is 24.8 Å². The van der Waals surface area contributed by atoms with Crippen molar-refractivity contribution in [2.45, 2.75) is 63.0 Å². The molecule has 2 amide bonds. The van der Waals surface area contributed by atoms with Crippen LogP contribution in [0.4, 0.5) is 38.5 Å². The summed E-state index contributed by atoms with van der Waals surface area (Å²) in [5.41, 5.74) is -0.178. The predicted molar refractivity (Wildman–Crippen MR) is 147 cm³/mol. The number of ether oxygens (including phenoxy) is 3. The van der Waals surface area contributed by atoms with Crippen LogP contribution < -0.4 is 25.0 Å². The van der Waals surface area contributed by atoms with E-state index in [1.54, 1.807) is 0 Å². The van der Waals surface area contributed by atoms with Crippen LogP contribution >= 0.6 is 0 Å². The van der Waals surface area contributed by atoms with E-state index >= 15 is 0 Å². The maximum Gasteiger partial charge on any atom is 0.423 e. The van der Waals surface area contributed by atoms with E-state index in [2.05, 4.69) is 30.6 Å². The van der Waals surface area contributed by atoms with Crippen molar-refractivity contribution in [2.24, 2.45) is 0 Å². The van der Waals surface area contributed by atoms with Gasteiger partial charge in [0, 0.05) is 24.8 Å². The molecule has 2 aliphatic rings. The number of urea groups is 1. The van der Waals surface area contributed by atoms with Crippen molar-refractivity contribution in [3.63, 3.8) is 0 Å². The number of nitrogens with one attached hydrogen (secondary N) is 2. The SMILES string of the molecule is O=C(NCc1ccccc1)N(c1cnc(OCC(F)F)cn1)C1CCC(Nc2ncc(C(F)(F)F)c(OC3COC3)n2)CC1. The lowest BCUT2D eigenvalue weighted by atomic mass is 9.90. The fraction of sp³-hybridized carbons (Fsp3) is 0.464. The van der Waals surface area contributed by atoms with Gasteiger partial charge in [-0.1, -0.05) is 30.3 Å². The van der Waals surface area contributed by atoms with Crippen LogP contribution in [0.25, 0.3) is 0 Å². The average molecular weight is 624 g/mol. The van der Waals surface area contributed by atoms with Crippen LogP contribution in [0.5, 0.6) is 11.8 Å². The first kappa shape index (κ1) is 31.1. The first-order chi connectivity index (χ1) is 21.2. The van der Waals surface area contributed by atoms with Gasteiger partial charge in [0.15, 0.2) is 12.4 Å². The molecule has 3 aromatic rings. The Morgan fingerprint density at radius 3 is 2.39 bits per heavy atom. The summed E-state index contributed by atoms with van der Waals surface area (Å²) in [5.74, 6) is -0.447. The lowest BCUT2D eigenvalue weighted by Crippen LogP contribution is -2.49. The fourth-order valence-electron chi connectivity index (χ4n) is 4.79. The Labute approximate surface area is 249 Å². The Morgan fingerprint density at radius 1 is 1.02 bits per heavy atom. The fourth-order valence-corrected chi connectivity index (χ4v) is 4.79. The van der Waals surface area contributed by atoms with Crippen LogP contribution in [-0.2, 0) is 17.5 Å². The van der Waals surface area contributed by atoms with Gasteiger partial charge >= 0.3 is 12.2 Å². The standard InChI is InChI=1S/C28H30F5N7O4/c29-22(30)16-43-24-13-34-23(12-35-24)40(27(41)37-10-17-4-2-1-3-5-17)19-8-6-18(7-9-19)38-26-36-11-21(28(31,32)33)25(39-26)44-20-14-42-15-20/h1-5,11-13,18-20,22H,6-10,14-16H2,(H,37,41)(H,36,38,39). The first-order valence-corrected chi connectivity index (χ1v) is 13.9. The largest absolute Gasteiger partial charge is 0.470 e. The third-order valence-electron chi connectivity index (χ3n) is 7.06. The molecule has 5 rings (SSSR count). The van der Waals surface area contributed by atoms with Gasteiger partial charge in [-0.15, -0.1) is 0 Å². The van der Waals surface area contributed by atoms with Crippen LogP contribution in [-0.4, -0.2) is 70.4 Å². The van der Waals surface area contributed by atoms with E-state index < -0.39 is 42.8 Å². The number of carbonyl (C=O) groups excluding carboxylic acids is 1. The van der Waals surface area contributed by atoms with E-state index in [0.29, 0.717) is 31.9 Å². The molecule has 0 bridgehead atoms. The monoisotopic (exact) mass is 623 g/mol. The number of aromatic nitrogens is 4. The number of carbonyl (C=O) groups is 1. The first-order valence-electron chi connectivity index (χ1n) is 13.9. The smallest absolute Gasteiger partial charge is 0.423 e. The van der Waals surface area contributed by atoms with Crippen LogP contribution in [0.3, 0.4) is 0 Å². The van der Waals surface area contributed by atoms with Crippen molar-refractivity contribution in [1.29, 1.82) is 0 Å². The Balaban J connectivity index is 1.26. The van der Waals surface area contributed by atoms with Gasteiger partial charge in [-0.2, -0.15) is 18.2 Å². The maximum atomic E-state index is 13.5. The molecule has 1 aliphatic carbocycles. The van der Waals surface area contributed by atoms with E-state index in [1.165, 1.54) is 17.3 Å². The quantitative estimate of drug-likeness (QED) is 0.289. The molecule has 1 saturated heterocycles. The zero-order chi connectivity index (χ0) is 31.1. The van der Waals surface area contributed by atoms with Crippen molar-refractivity contribution in [3.05, 3.63) is 60.0 Å². The van der Waals surface area contributed by atoms with Crippen molar-refractivity contribution >= 4 is 17.8 Å². The second kappa shape index (κ2) is 14.0. The molecule has 11 nitrogen and oxygen atoms in total. The van der Waals surface area contributed by atoms with E-state index in [1.807, 2.05) is 30.3 Å². The normalized spacial score (nSPS) is 18.8. The molecule has 236 valence electrons. The molecular formula is C28H30F5N7O4. The van der Waals surface area contributed by atoms with Gasteiger partial charge in [0.05, 0.1) is 25.6 Å². The molecule has 0 unspecified atom stereocenters. The number of anilines is 2. The molecular weight excluding hydrogens is 593 g/mol. The zero-order valence-electron chi connectivity index (χ0n) is 23.3. The van der Waals surface area contributed by atoms with Gasteiger partial charge in [0.2, 0.25) is 17.7 Å². The second-order valence-electron chi connectivity index (χ2n) is 10.3. The van der Waals surface area contributed by atoms with Crippen LogP contribution in [0.1, 0.15) is 36.8 Å². The minimum atomic E-state index is -4.68. The second-order valence-corrected chi connectivity index (χ2v) is 10.3. The number of benzene rings is 1. The molecule has 1 aliphatic heterocycles. The molecule has 2 aromatic heterocycles. The molecule has 2 N–H and O–H groups in total. The molecule has 1 saturated carbocycles. The van der Waals surface area contributed by atoms with Gasteiger partial charge in [-0.3, -0.25) is 4.90 Å². The predicted octanol–water partition coefficient (Wildman–Crippen LogP) is 4.85. The third kappa shape index (κ3) is 8.18. The molecule has 44 heavy (non-hydrogen) atoms. The average Bonchev–Trinajstić information content (AvgIpc) is 2.98. The minimum absolute atomic E-state index is 0.000551. The van der Waals surface area contributed by atoms with Crippen LogP contribution in [0.15, 0.2) is 48.9 Å². The molecule has 1 aromatic carbocycles. The third-order valence-corrected chi connectivity index (χ3v) is 7.06. The Hall–Kier alpha value is -4.34. The van der Waals surface area contributed by atoms with Crippen LogP contribution in [0, 0.1) is 0 Å². The van der Waals surface area contributed by atoms with E-state index in [-0.39, 0.29) is 49.5 Å². The highest BCUT2D eigenvalue weighted by Crippen LogP contribution is 2.36. The van der Waals surface area contributed by atoms with Gasteiger partial charge in [0.1, 0.15) is 11.7 Å². The van der Waals surface area contributed by atoms with Gasteiger partial charge in [-0.05, 0) is 31.2 Å². The Morgan fingerprint density at radius 2 is 1.77 bits per heavy atom. The number of amides is 2. The zero-order valence-corrected chi connectivity index (χ0v) is 23.3. The number of rotatable bonds is 11. The summed E-state index contributed by atoms with van der Waals surface area (Å²) in [5, 5.41) is 5.98. The highest BCUT2D eigenvalue weighted by Gasteiger charge is 2.38. The molecule has 0 radical (unpaired) electrons. The molecule has 0 atom stereocenters. The van der Waals surface area contributed by atoms with Crippen molar-refractivity contribution in [1.82, 2.24) is 25.3 Å². The summed E-state index contributed by atoms with van der Waals surface area (Å²) in [6.45, 7) is -0.213. The summed E-state index contributed by atoms with van der Waals surface area (Å²) < 4.78 is 80.8. The van der Waals surface area contributed by atoms with E-state index in [4.69, 9.17) is 14.2 Å². The molecule has 16 heteroatoms. The molecule has 2 fully saturated rings. The minimum Gasteiger partial charge on any atom is -0.470 e.